The Morgan fingerprint density at radius 2 is 2.11 bits per heavy atom. The summed E-state index contributed by atoms with van der Waals surface area (Å²) < 4.78 is 26.6. The summed E-state index contributed by atoms with van der Waals surface area (Å²) in [5.74, 6) is 0. The van der Waals surface area contributed by atoms with Crippen LogP contribution in [0.1, 0.15) is 0 Å². The third-order valence-electron chi connectivity index (χ3n) is 2.35. The highest BCUT2D eigenvalue weighted by molar-refractivity contribution is 7.89. The van der Waals surface area contributed by atoms with Crippen molar-refractivity contribution in [2.45, 2.75) is 4.90 Å². The Morgan fingerprint density at radius 1 is 1.33 bits per heavy atom. The molecular formula is C12H11ClN2O2S. The van der Waals surface area contributed by atoms with Gasteiger partial charge in [0, 0.05) is 23.2 Å². The number of fused-ring (bicyclic) bond motifs is 1. The highest BCUT2D eigenvalue weighted by atomic mass is 35.5. The van der Waals surface area contributed by atoms with Crippen LogP contribution in [0.4, 0.5) is 0 Å². The van der Waals surface area contributed by atoms with E-state index in [1.165, 1.54) is 6.07 Å². The molecule has 94 valence electrons. The van der Waals surface area contributed by atoms with Gasteiger partial charge in [0.1, 0.15) is 0 Å². The Balaban J connectivity index is 2.50. The maximum absolute atomic E-state index is 12.1. The van der Waals surface area contributed by atoms with Crippen molar-refractivity contribution in [3.05, 3.63) is 48.1 Å². The van der Waals surface area contributed by atoms with E-state index in [9.17, 15) is 8.42 Å². The number of aromatic nitrogens is 1. The standard InChI is InChI=1S/C12H11ClN2O2S/c1-9(13)8-15-18(16,17)12-6-2-5-11-10(12)4-3-7-14-11/h2-7,15H,1,8H2. The first-order valence-corrected chi connectivity index (χ1v) is 7.03. The van der Waals surface area contributed by atoms with Gasteiger partial charge in [0.2, 0.25) is 10.0 Å². The van der Waals surface area contributed by atoms with Crippen molar-refractivity contribution >= 4 is 32.5 Å². The van der Waals surface area contributed by atoms with Crippen LogP contribution in [0.5, 0.6) is 0 Å². The fourth-order valence-electron chi connectivity index (χ4n) is 1.56. The van der Waals surface area contributed by atoms with Crippen molar-refractivity contribution in [2.75, 3.05) is 6.54 Å². The summed E-state index contributed by atoms with van der Waals surface area (Å²) in [7, 11) is -3.62. The van der Waals surface area contributed by atoms with Crippen LogP contribution in [0.15, 0.2) is 53.0 Å². The molecule has 0 bridgehead atoms. The number of rotatable bonds is 4. The first kappa shape index (κ1) is 13.0. The normalized spacial score (nSPS) is 11.6. The molecule has 0 unspecified atom stereocenters. The molecule has 2 aromatic rings. The Hall–Kier alpha value is -1.43. The van der Waals surface area contributed by atoms with E-state index in [0.29, 0.717) is 10.9 Å². The minimum absolute atomic E-state index is 0.000534. The zero-order valence-electron chi connectivity index (χ0n) is 9.43. The van der Waals surface area contributed by atoms with Crippen LogP contribution in [0.3, 0.4) is 0 Å². The van der Waals surface area contributed by atoms with Crippen molar-refractivity contribution in [3.8, 4) is 0 Å². The lowest BCUT2D eigenvalue weighted by atomic mass is 10.2. The second-order valence-electron chi connectivity index (χ2n) is 3.67. The number of hydrogen-bond acceptors (Lipinski definition) is 3. The third-order valence-corrected chi connectivity index (χ3v) is 3.94. The molecule has 0 spiro atoms. The minimum atomic E-state index is -3.62. The predicted molar refractivity (Wildman–Crippen MR) is 71.9 cm³/mol. The van der Waals surface area contributed by atoms with E-state index in [1.54, 1.807) is 30.5 Å². The molecule has 1 aromatic heterocycles. The smallest absolute Gasteiger partial charge is 0.241 e. The Labute approximate surface area is 110 Å². The molecule has 4 nitrogen and oxygen atoms in total. The fraction of sp³-hybridized carbons (Fsp3) is 0.0833. The summed E-state index contributed by atoms with van der Waals surface area (Å²) in [6, 6.07) is 8.35. The number of pyridine rings is 1. The summed E-state index contributed by atoms with van der Waals surface area (Å²) >= 11 is 5.56. The molecule has 18 heavy (non-hydrogen) atoms. The minimum Gasteiger partial charge on any atom is -0.256 e. The number of sulfonamides is 1. The third kappa shape index (κ3) is 2.69. The molecule has 0 aliphatic rings. The molecule has 1 heterocycles. The molecule has 0 saturated carbocycles. The van der Waals surface area contributed by atoms with Crippen LogP contribution < -0.4 is 4.72 Å². The Bertz CT molecular complexity index is 693. The van der Waals surface area contributed by atoms with Gasteiger partial charge in [-0.05, 0) is 24.3 Å². The molecular weight excluding hydrogens is 272 g/mol. The van der Waals surface area contributed by atoms with Crippen LogP contribution in [0.25, 0.3) is 10.9 Å². The fourth-order valence-corrected chi connectivity index (χ4v) is 2.95. The van der Waals surface area contributed by atoms with E-state index in [-0.39, 0.29) is 16.5 Å². The Kier molecular flexibility index (Phi) is 3.65. The largest absolute Gasteiger partial charge is 0.256 e. The van der Waals surface area contributed by atoms with Crippen LogP contribution in [0.2, 0.25) is 0 Å². The topological polar surface area (TPSA) is 59.1 Å². The van der Waals surface area contributed by atoms with E-state index in [1.807, 2.05) is 0 Å². The molecule has 0 fully saturated rings. The van der Waals surface area contributed by atoms with Crippen LogP contribution in [-0.2, 0) is 10.0 Å². The van der Waals surface area contributed by atoms with Gasteiger partial charge in [0.15, 0.2) is 0 Å². The first-order chi connectivity index (χ1) is 8.50. The monoisotopic (exact) mass is 282 g/mol. The average Bonchev–Trinajstić information content (AvgIpc) is 2.36. The molecule has 1 aromatic carbocycles. The second-order valence-corrected chi connectivity index (χ2v) is 5.94. The summed E-state index contributed by atoms with van der Waals surface area (Å²) in [6.45, 7) is 3.44. The van der Waals surface area contributed by atoms with Gasteiger partial charge in [-0.25, -0.2) is 13.1 Å². The number of benzene rings is 1. The lowest BCUT2D eigenvalue weighted by Gasteiger charge is -2.08. The lowest BCUT2D eigenvalue weighted by Crippen LogP contribution is -2.25. The van der Waals surface area contributed by atoms with Crippen molar-refractivity contribution in [1.29, 1.82) is 0 Å². The van der Waals surface area contributed by atoms with Crippen LogP contribution in [0, 0.1) is 0 Å². The summed E-state index contributed by atoms with van der Waals surface area (Å²) in [6.07, 6.45) is 1.62. The Morgan fingerprint density at radius 3 is 2.83 bits per heavy atom. The number of nitrogens with zero attached hydrogens (tertiary/aromatic N) is 1. The van der Waals surface area contributed by atoms with Gasteiger partial charge >= 0.3 is 0 Å². The van der Waals surface area contributed by atoms with E-state index in [4.69, 9.17) is 11.6 Å². The molecule has 0 radical (unpaired) electrons. The van der Waals surface area contributed by atoms with Crippen LogP contribution in [-0.4, -0.2) is 19.9 Å². The quantitative estimate of drug-likeness (QED) is 0.936. The maximum Gasteiger partial charge on any atom is 0.241 e. The lowest BCUT2D eigenvalue weighted by molar-refractivity contribution is 0.586. The van der Waals surface area contributed by atoms with E-state index < -0.39 is 10.0 Å². The number of halogens is 1. The molecule has 1 N–H and O–H groups in total. The van der Waals surface area contributed by atoms with Crippen LogP contribution >= 0.6 is 11.6 Å². The van der Waals surface area contributed by atoms with Gasteiger partial charge in [-0.1, -0.05) is 24.2 Å². The number of hydrogen-bond donors (Lipinski definition) is 1. The predicted octanol–water partition coefficient (Wildman–Crippen LogP) is 2.27. The SMILES string of the molecule is C=C(Cl)CNS(=O)(=O)c1cccc2ncccc12. The molecule has 0 aliphatic heterocycles. The summed E-state index contributed by atoms with van der Waals surface area (Å²) in [5, 5.41) is 0.810. The van der Waals surface area contributed by atoms with E-state index in [2.05, 4.69) is 16.3 Å². The van der Waals surface area contributed by atoms with Gasteiger partial charge in [-0.2, -0.15) is 0 Å². The molecule has 0 atom stereocenters. The van der Waals surface area contributed by atoms with E-state index >= 15 is 0 Å². The molecule has 6 heteroatoms. The van der Waals surface area contributed by atoms with E-state index in [0.717, 1.165) is 0 Å². The first-order valence-electron chi connectivity index (χ1n) is 5.17. The molecule has 0 saturated heterocycles. The van der Waals surface area contributed by atoms with Crippen molar-refractivity contribution in [2.24, 2.45) is 0 Å². The van der Waals surface area contributed by atoms with Gasteiger partial charge in [0.25, 0.3) is 0 Å². The highest BCUT2D eigenvalue weighted by Gasteiger charge is 2.16. The van der Waals surface area contributed by atoms with Gasteiger partial charge in [-0.15, -0.1) is 0 Å². The maximum atomic E-state index is 12.1. The average molecular weight is 283 g/mol. The molecule has 0 amide bonds. The second kappa shape index (κ2) is 5.06. The van der Waals surface area contributed by atoms with Crippen molar-refractivity contribution in [1.82, 2.24) is 9.71 Å². The molecule has 2 rings (SSSR count). The van der Waals surface area contributed by atoms with Crippen molar-refractivity contribution < 1.29 is 8.42 Å². The molecule has 0 aliphatic carbocycles. The van der Waals surface area contributed by atoms with Crippen molar-refractivity contribution in [3.63, 3.8) is 0 Å². The zero-order chi connectivity index (χ0) is 13.2. The van der Waals surface area contributed by atoms with Gasteiger partial charge in [-0.3, -0.25) is 4.98 Å². The summed E-state index contributed by atoms with van der Waals surface area (Å²) in [5.41, 5.74) is 0.630. The zero-order valence-corrected chi connectivity index (χ0v) is 11.0. The highest BCUT2D eigenvalue weighted by Crippen LogP contribution is 2.20. The van der Waals surface area contributed by atoms with Gasteiger partial charge < -0.3 is 0 Å². The van der Waals surface area contributed by atoms with Gasteiger partial charge in [0.05, 0.1) is 10.4 Å². The number of nitrogens with one attached hydrogen (secondary N) is 1. The summed E-state index contributed by atoms with van der Waals surface area (Å²) in [4.78, 5) is 4.30.